The van der Waals surface area contributed by atoms with Gasteiger partial charge < -0.3 is 10.6 Å². The van der Waals surface area contributed by atoms with Crippen LogP contribution in [0.2, 0.25) is 0 Å². The van der Waals surface area contributed by atoms with Crippen LogP contribution in [0.15, 0.2) is 12.7 Å². The normalized spacial score (nSPS) is 13.4. The fourth-order valence-electron chi connectivity index (χ4n) is 1.94. The van der Waals surface area contributed by atoms with Gasteiger partial charge in [-0.05, 0) is 38.0 Å². The van der Waals surface area contributed by atoms with E-state index >= 15 is 0 Å². The molecule has 158 valence electrons. The lowest BCUT2D eigenvalue weighted by Crippen LogP contribution is -2.41. The molecule has 0 heterocycles. The molecule has 1 atom stereocenters. The Kier molecular flexibility index (Phi) is 16.5. The van der Waals surface area contributed by atoms with Gasteiger partial charge in [0.2, 0.25) is 17.7 Å². The molecule has 1 fully saturated rings. The van der Waals surface area contributed by atoms with Crippen molar-refractivity contribution in [2.75, 3.05) is 6.54 Å². The second kappa shape index (κ2) is 16.3. The van der Waals surface area contributed by atoms with Crippen LogP contribution in [0, 0.1) is 17.8 Å². The van der Waals surface area contributed by atoms with Gasteiger partial charge in [0.05, 0.1) is 6.54 Å². The summed E-state index contributed by atoms with van der Waals surface area (Å²) in [4.78, 5) is 34.6. The Morgan fingerprint density at radius 1 is 1.11 bits per heavy atom. The van der Waals surface area contributed by atoms with Gasteiger partial charge in [-0.2, -0.15) is 0 Å². The van der Waals surface area contributed by atoms with Gasteiger partial charge in [0, 0.05) is 18.4 Å². The maximum absolute atomic E-state index is 12.0. The van der Waals surface area contributed by atoms with Crippen LogP contribution < -0.4 is 16.1 Å². The SMILES string of the molecule is C=CC.CC(C)C.CC(C)CC(CC(=O)NO)C(=O)NCC(=O)NC1CC1. The van der Waals surface area contributed by atoms with Crippen molar-refractivity contribution >= 4 is 17.7 Å². The zero-order valence-electron chi connectivity index (χ0n) is 17.8. The smallest absolute Gasteiger partial charge is 0.244 e. The molecular weight excluding hydrogens is 346 g/mol. The average molecular weight is 386 g/mol. The molecule has 7 heteroatoms. The minimum atomic E-state index is -0.603. The zero-order valence-corrected chi connectivity index (χ0v) is 17.8. The number of carbonyl (C=O) groups is 3. The molecule has 0 bridgehead atoms. The Hall–Kier alpha value is -1.89. The van der Waals surface area contributed by atoms with Crippen LogP contribution in [0.5, 0.6) is 0 Å². The van der Waals surface area contributed by atoms with E-state index in [9.17, 15) is 14.4 Å². The van der Waals surface area contributed by atoms with E-state index in [-0.39, 0.29) is 36.7 Å². The van der Waals surface area contributed by atoms with E-state index in [1.54, 1.807) is 6.08 Å². The number of allylic oxidation sites excluding steroid dienone is 1. The van der Waals surface area contributed by atoms with Crippen LogP contribution in [-0.4, -0.2) is 35.5 Å². The molecule has 1 aliphatic carbocycles. The Balaban J connectivity index is 0. The van der Waals surface area contributed by atoms with Crippen molar-refractivity contribution in [3.05, 3.63) is 12.7 Å². The molecule has 27 heavy (non-hydrogen) atoms. The molecule has 0 radical (unpaired) electrons. The van der Waals surface area contributed by atoms with Gasteiger partial charge in [0.15, 0.2) is 0 Å². The van der Waals surface area contributed by atoms with E-state index in [2.05, 4.69) is 38.0 Å². The van der Waals surface area contributed by atoms with Crippen molar-refractivity contribution < 1.29 is 19.6 Å². The first kappa shape index (κ1) is 27.3. The first-order valence-electron chi connectivity index (χ1n) is 9.64. The van der Waals surface area contributed by atoms with Crippen LogP contribution >= 0.6 is 0 Å². The molecule has 1 rings (SSSR count). The minimum Gasteiger partial charge on any atom is -0.352 e. The van der Waals surface area contributed by atoms with Gasteiger partial charge in [-0.15, -0.1) is 6.58 Å². The number of hydroxylamine groups is 1. The minimum absolute atomic E-state index is 0.0787. The second-order valence-electron chi connectivity index (χ2n) is 7.77. The number of amides is 3. The molecule has 1 unspecified atom stereocenters. The highest BCUT2D eigenvalue weighted by Gasteiger charge is 2.25. The molecule has 1 aliphatic rings. The summed E-state index contributed by atoms with van der Waals surface area (Å²) in [6, 6.07) is 0.256. The highest BCUT2D eigenvalue weighted by atomic mass is 16.5. The van der Waals surface area contributed by atoms with E-state index in [1.807, 2.05) is 20.8 Å². The summed E-state index contributed by atoms with van der Waals surface area (Å²) in [5.74, 6) is -0.634. The zero-order chi connectivity index (χ0) is 21.4. The van der Waals surface area contributed by atoms with Crippen molar-refractivity contribution in [3.8, 4) is 0 Å². The van der Waals surface area contributed by atoms with Gasteiger partial charge in [-0.1, -0.05) is 40.7 Å². The van der Waals surface area contributed by atoms with E-state index in [0.29, 0.717) is 6.42 Å². The predicted molar refractivity (Wildman–Crippen MR) is 108 cm³/mol. The number of rotatable bonds is 8. The van der Waals surface area contributed by atoms with E-state index < -0.39 is 11.8 Å². The van der Waals surface area contributed by atoms with Crippen LogP contribution in [0.3, 0.4) is 0 Å². The average Bonchev–Trinajstić information content (AvgIpc) is 3.35. The fourth-order valence-corrected chi connectivity index (χ4v) is 1.94. The number of hydrogen-bond acceptors (Lipinski definition) is 4. The van der Waals surface area contributed by atoms with Gasteiger partial charge in [-0.3, -0.25) is 19.6 Å². The third kappa shape index (κ3) is 20.3. The van der Waals surface area contributed by atoms with Crippen molar-refractivity contribution in [3.63, 3.8) is 0 Å². The topological polar surface area (TPSA) is 108 Å². The highest BCUT2D eigenvalue weighted by molar-refractivity contribution is 5.88. The maximum Gasteiger partial charge on any atom is 0.244 e. The molecule has 0 aromatic rings. The molecule has 7 nitrogen and oxygen atoms in total. The number of nitrogens with one attached hydrogen (secondary N) is 3. The molecular formula is C20H39N3O4. The summed E-state index contributed by atoms with van der Waals surface area (Å²) in [6.45, 7) is 15.6. The molecule has 0 aromatic carbocycles. The highest BCUT2D eigenvalue weighted by Crippen LogP contribution is 2.18. The summed E-state index contributed by atoms with van der Waals surface area (Å²) < 4.78 is 0. The molecule has 0 spiro atoms. The largest absolute Gasteiger partial charge is 0.352 e. The lowest BCUT2D eigenvalue weighted by Gasteiger charge is -2.17. The Labute approximate surface area is 164 Å². The third-order valence-corrected chi connectivity index (χ3v) is 3.05. The molecule has 0 aliphatic heterocycles. The monoisotopic (exact) mass is 385 g/mol. The summed E-state index contributed by atoms with van der Waals surface area (Å²) >= 11 is 0. The molecule has 0 saturated heterocycles. The lowest BCUT2D eigenvalue weighted by molar-refractivity contribution is -0.135. The summed E-state index contributed by atoms with van der Waals surface area (Å²) in [5, 5.41) is 13.8. The van der Waals surface area contributed by atoms with Crippen LogP contribution in [0.1, 0.15) is 67.2 Å². The summed E-state index contributed by atoms with van der Waals surface area (Å²) in [6.07, 6.45) is 4.16. The maximum atomic E-state index is 12.0. The van der Waals surface area contributed by atoms with Gasteiger partial charge in [-0.25, -0.2) is 5.48 Å². The summed E-state index contributed by atoms with van der Waals surface area (Å²) in [5.41, 5.74) is 1.52. The van der Waals surface area contributed by atoms with E-state index in [1.165, 1.54) is 5.48 Å². The molecule has 4 N–H and O–H groups in total. The fraction of sp³-hybridized carbons (Fsp3) is 0.750. The van der Waals surface area contributed by atoms with Crippen LogP contribution in [0.4, 0.5) is 0 Å². The first-order valence-corrected chi connectivity index (χ1v) is 9.64. The van der Waals surface area contributed by atoms with E-state index in [4.69, 9.17) is 5.21 Å². The molecule has 1 saturated carbocycles. The number of carbonyl (C=O) groups excluding carboxylic acids is 3. The number of hydrogen-bond donors (Lipinski definition) is 4. The van der Waals surface area contributed by atoms with Crippen LogP contribution in [-0.2, 0) is 14.4 Å². The Morgan fingerprint density at radius 2 is 1.59 bits per heavy atom. The molecule has 3 amide bonds. The third-order valence-electron chi connectivity index (χ3n) is 3.05. The van der Waals surface area contributed by atoms with Gasteiger partial charge in [0.1, 0.15) is 0 Å². The second-order valence-corrected chi connectivity index (χ2v) is 7.77. The van der Waals surface area contributed by atoms with Crippen molar-refractivity contribution in [1.29, 1.82) is 0 Å². The van der Waals surface area contributed by atoms with Gasteiger partial charge in [0.25, 0.3) is 0 Å². The van der Waals surface area contributed by atoms with E-state index in [0.717, 1.165) is 18.8 Å². The van der Waals surface area contributed by atoms with Crippen molar-refractivity contribution in [2.45, 2.75) is 73.3 Å². The predicted octanol–water partition coefficient (Wildman–Crippen LogP) is 2.79. The Morgan fingerprint density at radius 3 is 1.96 bits per heavy atom. The Bertz CT molecular complexity index is 444. The van der Waals surface area contributed by atoms with Crippen molar-refractivity contribution in [2.24, 2.45) is 17.8 Å². The summed E-state index contributed by atoms with van der Waals surface area (Å²) in [7, 11) is 0. The van der Waals surface area contributed by atoms with Gasteiger partial charge >= 0.3 is 0 Å². The first-order chi connectivity index (χ1) is 12.6. The molecule has 0 aromatic heterocycles. The van der Waals surface area contributed by atoms with Crippen molar-refractivity contribution in [1.82, 2.24) is 16.1 Å². The standard InChI is InChI=1S/C13H23N3O4.C4H10.C3H6/c1-8(2)5-9(6-11(17)16-20)13(19)14-7-12(18)15-10-3-4-10;1-4(2)3;1-3-2/h8-10,20H,3-7H2,1-2H3,(H,14,19)(H,15,18)(H,16,17);4H,1-3H3;3H,1H2,2H3. The van der Waals surface area contributed by atoms with Crippen LogP contribution in [0.25, 0.3) is 0 Å². The quantitative estimate of drug-likeness (QED) is 0.293. The lowest BCUT2D eigenvalue weighted by atomic mass is 9.93.